The van der Waals surface area contributed by atoms with E-state index in [0.717, 1.165) is 17.1 Å². The summed E-state index contributed by atoms with van der Waals surface area (Å²) in [5.74, 6) is 0.558. The molecule has 0 atom stereocenters. The van der Waals surface area contributed by atoms with E-state index in [1.165, 1.54) is 5.56 Å². The molecule has 4 nitrogen and oxygen atoms in total. The highest BCUT2D eigenvalue weighted by molar-refractivity contribution is 7.12. The van der Waals surface area contributed by atoms with Gasteiger partial charge in [-0.15, -0.1) is 23.7 Å². The largest absolute Gasteiger partial charge is 0.383 e. The van der Waals surface area contributed by atoms with Gasteiger partial charge < -0.3 is 10.3 Å². The van der Waals surface area contributed by atoms with Crippen molar-refractivity contribution in [1.82, 2.24) is 9.55 Å². The lowest BCUT2D eigenvalue weighted by Gasteiger charge is -2.03. The molecule has 0 aliphatic heterocycles. The van der Waals surface area contributed by atoms with Crippen LogP contribution in [-0.4, -0.2) is 15.4 Å². The number of aromatic nitrogens is 2. The van der Waals surface area contributed by atoms with E-state index in [0.29, 0.717) is 5.84 Å². The van der Waals surface area contributed by atoms with Crippen molar-refractivity contribution in [2.45, 2.75) is 6.54 Å². The molecule has 1 aromatic carbocycles. The Bertz CT molecular complexity index is 688. The Morgan fingerprint density at radius 1 is 1.24 bits per heavy atom. The Balaban J connectivity index is 0.00000161. The lowest BCUT2D eigenvalue weighted by molar-refractivity contribution is 0.797. The summed E-state index contributed by atoms with van der Waals surface area (Å²) in [4.78, 5) is 9.45. The second kappa shape index (κ2) is 7.06. The molecule has 3 rings (SSSR count). The smallest absolute Gasteiger partial charge is 0.141 e. The van der Waals surface area contributed by atoms with Crippen molar-refractivity contribution >= 4 is 35.3 Å². The molecule has 21 heavy (non-hydrogen) atoms. The second-order valence-corrected chi connectivity index (χ2v) is 5.32. The highest BCUT2D eigenvalue weighted by Gasteiger charge is 2.00. The molecule has 0 saturated carbocycles. The van der Waals surface area contributed by atoms with Crippen molar-refractivity contribution in [2.24, 2.45) is 10.7 Å². The van der Waals surface area contributed by atoms with Crippen LogP contribution in [0.15, 0.2) is 65.5 Å². The molecule has 0 amide bonds. The standard InChI is InChI=1S/C15H14N4S.ClH/c16-15(14-2-1-9-20-14)18-13-5-3-12(4-6-13)10-19-8-7-17-11-19;/h1-9,11H,10H2,(H2,16,18);1H. The predicted molar refractivity (Wildman–Crippen MR) is 89.7 cm³/mol. The van der Waals surface area contributed by atoms with Crippen LogP contribution in [0.5, 0.6) is 0 Å². The number of nitrogens with two attached hydrogens (primary N) is 1. The molecule has 0 spiro atoms. The van der Waals surface area contributed by atoms with Gasteiger partial charge in [0.2, 0.25) is 0 Å². The SMILES string of the molecule is Cl.NC(=Nc1ccc(Cn2ccnc2)cc1)c1cccs1. The van der Waals surface area contributed by atoms with Crippen LogP contribution in [0.25, 0.3) is 0 Å². The molecule has 0 radical (unpaired) electrons. The van der Waals surface area contributed by atoms with E-state index in [-0.39, 0.29) is 12.4 Å². The number of amidine groups is 1. The molecule has 2 heterocycles. The average Bonchev–Trinajstić information content (AvgIpc) is 3.13. The van der Waals surface area contributed by atoms with Crippen molar-refractivity contribution in [3.8, 4) is 0 Å². The lowest BCUT2D eigenvalue weighted by atomic mass is 10.2. The van der Waals surface area contributed by atoms with Gasteiger partial charge in [0.1, 0.15) is 5.84 Å². The zero-order chi connectivity index (χ0) is 13.8. The van der Waals surface area contributed by atoms with Gasteiger partial charge in [-0.1, -0.05) is 18.2 Å². The molecule has 0 aliphatic carbocycles. The van der Waals surface area contributed by atoms with Crippen LogP contribution in [0.4, 0.5) is 5.69 Å². The summed E-state index contributed by atoms with van der Waals surface area (Å²) in [6, 6.07) is 12.0. The summed E-state index contributed by atoms with van der Waals surface area (Å²) < 4.78 is 2.03. The minimum atomic E-state index is 0. The van der Waals surface area contributed by atoms with Crippen LogP contribution < -0.4 is 5.73 Å². The molecule has 6 heteroatoms. The predicted octanol–water partition coefficient (Wildman–Crippen LogP) is 3.45. The van der Waals surface area contributed by atoms with Gasteiger partial charge in [0.15, 0.2) is 0 Å². The van der Waals surface area contributed by atoms with Gasteiger partial charge in [-0.3, -0.25) is 0 Å². The molecular weight excluding hydrogens is 304 g/mol. The first-order chi connectivity index (χ1) is 9.81. The van der Waals surface area contributed by atoms with Crippen LogP contribution in [0, 0.1) is 0 Å². The first-order valence-corrected chi connectivity index (χ1v) is 7.12. The van der Waals surface area contributed by atoms with Gasteiger partial charge in [-0.2, -0.15) is 0 Å². The third kappa shape index (κ3) is 3.93. The van der Waals surface area contributed by atoms with Gasteiger partial charge in [0, 0.05) is 18.9 Å². The van der Waals surface area contributed by atoms with E-state index in [1.54, 1.807) is 23.9 Å². The zero-order valence-electron chi connectivity index (χ0n) is 11.2. The van der Waals surface area contributed by atoms with Crippen molar-refractivity contribution in [3.63, 3.8) is 0 Å². The maximum atomic E-state index is 5.97. The Hall–Kier alpha value is -2.11. The normalized spacial score (nSPS) is 11.1. The summed E-state index contributed by atoms with van der Waals surface area (Å²) in [6.45, 7) is 0.810. The number of halogens is 1. The summed E-state index contributed by atoms with van der Waals surface area (Å²) in [7, 11) is 0. The zero-order valence-corrected chi connectivity index (χ0v) is 12.8. The maximum absolute atomic E-state index is 5.97. The van der Waals surface area contributed by atoms with Gasteiger partial charge in [0.05, 0.1) is 16.9 Å². The fourth-order valence-electron chi connectivity index (χ4n) is 1.89. The Morgan fingerprint density at radius 3 is 2.67 bits per heavy atom. The molecule has 0 unspecified atom stereocenters. The number of hydrogen-bond acceptors (Lipinski definition) is 3. The van der Waals surface area contributed by atoms with E-state index in [1.807, 2.05) is 40.4 Å². The van der Waals surface area contributed by atoms with E-state index in [9.17, 15) is 0 Å². The molecule has 0 bridgehead atoms. The number of benzene rings is 1. The monoisotopic (exact) mass is 318 g/mol. The van der Waals surface area contributed by atoms with Crippen LogP contribution in [0.2, 0.25) is 0 Å². The molecule has 0 aliphatic rings. The minimum Gasteiger partial charge on any atom is -0.383 e. The summed E-state index contributed by atoms with van der Waals surface area (Å²) in [6.07, 6.45) is 5.53. The Labute approximate surface area is 133 Å². The molecule has 2 N–H and O–H groups in total. The van der Waals surface area contributed by atoms with Gasteiger partial charge in [0.25, 0.3) is 0 Å². The molecule has 0 fully saturated rings. The summed E-state index contributed by atoms with van der Waals surface area (Å²) in [5.41, 5.74) is 8.04. The highest BCUT2D eigenvalue weighted by Crippen LogP contribution is 2.16. The van der Waals surface area contributed by atoms with Gasteiger partial charge >= 0.3 is 0 Å². The highest BCUT2D eigenvalue weighted by atomic mass is 35.5. The van der Waals surface area contributed by atoms with Crippen LogP contribution in [0.3, 0.4) is 0 Å². The first kappa shape index (κ1) is 15.3. The lowest BCUT2D eigenvalue weighted by Crippen LogP contribution is -2.10. The number of hydrogen-bond donors (Lipinski definition) is 1. The second-order valence-electron chi connectivity index (χ2n) is 4.38. The Kier molecular flexibility index (Phi) is 5.14. The Morgan fingerprint density at radius 2 is 2.05 bits per heavy atom. The summed E-state index contributed by atoms with van der Waals surface area (Å²) in [5, 5.41) is 1.99. The molecule has 3 aromatic rings. The molecule has 108 valence electrons. The number of rotatable bonds is 4. The van der Waals surface area contributed by atoms with Crippen molar-refractivity contribution in [2.75, 3.05) is 0 Å². The topological polar surface area (TPSA) is 56.2 Å². The average molecular weight is 319 g/mol. The van der Waals surface area contributed by atoms with Crippen LogP contribution in [-0.2, 0) is 6.54 Å². The number of nitrogens with zero attached hydrogens (tertiary/aromatic N) is 3. The van der Waals surface area contributed by atoms with Gasteiger partial charge in [-0.05, 0) is 29.1 Å². The first-order valence-electron chi connectivity index (χ1n) is 6.24. The number of aliphatic imine (C=N–C) groups is 1. The summed E-state index contributed by atoms with van der Waals surface area (Å²) >= 11 is 1.59. The molecular formula is C15H15ClN4S. The van der Waals surface area contributed by atoms with Crippen molar-refractivity contribution in [3.05, 3.63) is 70.9 Å². The van der Waals surface area contributed by atoms with E-state index in [2.05, 4.69) is 22.1 Å². The van der Waals surface area contributed by atoms with Gasteiger partial charge in [-0.25, -0.2) is 9.98 Å². The third-order valence-corrected chi connectivity index (χ3v) is 3.78. The maximum Gasteiger partial charge on any atom is 0.141 e. The minimum absolute atomic E-state index is 0. The van der Waals surface area contributed by atoms with E-state index in [4.69, 9.17) is 5.73 Å². The fraction of sp³-hybridized carbons (Fsp3) is 0.0667. The number of imidazole rings is 1. The third-order valence-electron chi connectivity index (χ3n) is 2.88. The number of thiophene rings is 1. The van der Waals surface area contributed by atoms with E-state index < -0.39 is 0 Å². The van der Waals surface area contributed by atoms with E-state index >= 15 is 0 Å². The molecule has 0 saturated heterocycles. The van der Waals surface area contributed by atoms with Crippen molar-refractivity contribution < 1.29 is 0 Å². The van der Waals surface area contributed by atoms with Crippen LogP contribution in [0.1, 0.15) is 10.4 Å². The fourth-order valence-corrected chi connectivity index (χ4v) is 2.51. The quantitative estimate of drug-likeness (QED) is 0.591. The van der Waals surface area contributed by atoms with Crippen LogP contribution >= 0.6 is 23.7 Å². The molecule has 2 aromatic heterocycles. The van der Waals surface area contributed by atoms with Crippen molar-refractivity contribution in [1.29, 1.82) is 0 Å².